The van der Waals surface area contributed by atoms with E-state index in [1.54, 1.807) is 6.07 Å². The molecule has 0 radical (unpaired) electrons. The summed E-state index contributed by atoms with van der Waals surface area (Å²) < 4.78 is 0. The van der Waals surface area contributed by atoms with E-state index in [0.29, 0.717) is 12.1 Å². The Morgan fingerprint density at radius 3 is 2.58 bits per heavy atom. The van der Waals surface area contributed by atoms with Crippen molar-refractivity contribution in [1.82, 2.24) is 5.32 Å². The molecule has 3 rings (SSSR count). The molecular weight excluding hydrogens is 344 g/mol. The van der Waals surface area contributed by atoms with Gasteiger partial charge in [0.2, 0.25) is 0 Å². The number of aliphatic hydroxyl groups is 1. The molecule has 1 aromatic heterocycles. The fourth-order valence-electron chi connectivity index (χ4n) is 2.63. The maximum atomic E-state index is 12.4. The second-order valence-electron chi connectivity index (χ2n) is 6.24. The van der Waals surface area contributed by atoms with Crippen LogP contribution in [0.4, 0.5) is 5.69 Å². The second-order valence-corrected chi connectivity index (χ2v) is 7.44. The minimum atomic E-state index is -0.637. The lowest BCUT2D eigenvalue weighted by Gasteiger charge is -2.13. The molecule has 1 atom stereocenters. The van der Waals surface area contributed by atoms with Gasteiger partial charge in [0, 0.05) is 35.1 Å². The summed E-state index contributed by atoms with van der Waals surface area (Å²) in [5, 5.41) is 13.4. The lowest BCUT2D eigenvalue weighted by molar-refractivity contribution is 0.0951. The number of hydrogen-bond acceptors (Lipinski definition) is 4. The van der Waals surface area contributed by atoms with E-state index in [1.807, 2.05) is 79.7 Å². The summed E-state index contributed by atoms with van der Waals surface area (Å²) in [6.45, 7) is 0.442. The van der Waals surface area contributed by atoms with Gasteiger partial charge in [0.05, 0.1) is 6.54 Å². The van der Waals surface area contributed by atoms with Crippen molar-refractivity contribution in [3.63, 3.8) is 0 Å². The van der Waals surface area contributed by atoms with Gasteiger partial charge in [-0.3, -0.25) is 4.79 Å². The number of aliphatic hydroxyl groups excluding tert-OH is 1. The average molecular weight is 366 g/mol. The molecule has 0 saturated heterocycles. The van der Waals surface area contributed by atoms with E-state index in [9.17, 15) is 9.90 Å². The Bertz CT molecular complexity index is 874. The highest BCUT2D eigenvalue weighted by Crippen LogP contribution is 2.28. The minimum Gasteiger partial charge on any atom is -0.383 e. The topological polar surface area (TPSA) is 52.6 Å². The first kappa shape index (κ1) is 18.2. The monoisotopic (exact) mass is 366 g/mol. The number of benzene rings is 2. The van der Waals surface area contributed by atoms with Gasteiger partial charge < -0.3 is 15.3 Å². The molecule has 4 nitrogen and oxygen atoms in total. The van der Waals surface area contributed by atoms with Crippen molar-refractivity contribution in [2.75, 3.05) is 19.0 Å². The zero-order valence-electron chi connectivity index (χ0n) is 14.8. The zero-order valence-corrected chi connectivity index (χ0v) is 15.7. The largest absolute Gasteiger partial charge is 0.383 e. The number of hydrogen-bond donors (Lipinski definition) is 2. The van der Waals surface area contributed by atoms with Crippen LogP contribution in [-0.4, -0.2) is 25.1 Å². The van der Waals surface area contributed by atoms with Gasteiger partial charge in [-0.25, -0.2) is 0 Å². The first-order chi connectivity index (χ1) is 12.5. The number of nitrogens with zero attached hydrogens (tertiary/aromatic N) is 1. The lowest BCUT2D eigenvalue weighted by atomic mass is 10.1. The average Bonchev–Trinajstić information content (AvgIpc) is 3.15. The first-order valence-corrected chi connectivity index (χ1v) is 9.23. The van der Waals surface area contributed by atoms with Crippen molar-refractivity contribution in [3.05, 3.63) is 87.6 Å². The molecule has 0 unspecified atom stereocenters. The highest BCUT2D eigenvalue weighted by Gasteiger charge is 2.13. The molecule has 0 fully saturated rings. The van der Waals surface area contributed by atoms with Crippen LogP contribution in [0.2, 0.25) is 0 Å². The Morgan fingerprint density at radius 2 is 1.85 bits per heavy atom. The van der Waals surface area contributed by atoms with E-state index in [2.05, 4.69) is 5.32 Å². The maximum Gasteiger partial charge on any atom is 0.251 e. The van der Waals surface area contributed by atoms with Crippen LogP contribution in [0.1, 0.15) is 31.8 Å². The molecule has 0 bridgehead atoms. The third-order valence-electron chi connectivity index (χ3n) is 4.12. The zero-order chi connectivity index (χ0) is 18.5. The van der Waals surface area contributed by atoms with Crippen LogP contribution in [0.25, 0.3) is 0 Å². The molecule has 2 aromatic carbocycles. The van der Waals surface area contributed by atoms with Gasteiger partial charge in [-0.05, 0) is 35.9 Å². The van der Waals surface area contributed by atoms with Gasteiger partial charge in [0.15, 0.2) is 0 Å². The van der Waals surface area contributed by atoms with E-state index in [0.717, 1.165) is 21.0 Å². The van der Waals surface area contributed by atoms with Crippen molar-refractivity contribution < 1.29 is 9.90 Å². The highest BCUT2D eigenvalue weighted by molar-refractivity contribution is 7.12. The summed E-state index contributed by atoms with van der Waals surface area (Å²) in [5.74, 6) is -0.104. The van der Waals surface area contributed by atoms with Gasteiger partial charge in [-0.1, -0.05) is 36.4 Å². The second kappa shape index (κ2) is 8.17. The molecule has 26 heavy (non-hydrogen) atoms. The third kappa shape index (κ3) is 4.31. The van der Waals surface area contributed by atoms with Gasteiger partial charge in [0.25, 0.3) is 5.91 Å². The van der Waals surface area contributed by atoms with Gasteiger partial charge in [-0.2, -0.15) is 0 Å². The minimum absolute atomic E-state index is 0.104. The number of carbonyl (C=O) groups is 1. The maximum absolute atomic E-state index is 12.4. The van der Waals surface area contributed by atoms with Crippen LogP contribution in [0, 0.1) is 0 Å². The van der Waals surface area contributed by atoms with E-state index < -0.39 is 6.10 Å². The molecule has 0 aliphatic carbocycles. The molecular formula is C21H22N2O2S. The van der Waals surface area contributed by atoms with Crippen LogP contribution in [0.3, 0.4) is 0 Å². The number of anilines is 1. The molecule has 0 aliphatic heterocycles. The van der Waals surface area contributed by atoms with E-state index >= 15 is 0 Å². The van der Waals surface area contributed by atoms with E-state index in [4.69, 9.17) is 0 Å². The van der Waals surface area contributed by atoms with Gasteiger partial charge in [0.1, 0.15) is 6.10 Å². The van der Waals surface area contributed by atoms with Gasteiger partial charge >= 0.3 is 0 Å². The summed E-state index contributed by atoms with van der Waals surface area (Å²) in [5.41, 5.74) is 2.49. The Kier molecular flexibility index (Phi) is 5.71. The molecule has 1 amide bonds. The summed E-state index contributed by atoms with van der Waals surface area (Å²) in [4.78, 5) is 16.2. The number of carbonyl (C=O) groups excluding carboxylic acids is 1. The van der Waals surface area contributed by atoms with E-state index in [1.165, 1.54) is 11.3 Å². The predicted molar refractivity (Wildman–Crippen MR) is 107 cm³/mol. The molecule has 2 N–H and O–H groups in total. The number of rotatable bonds is 6. The van der Waals surface area contributed by atoms with Crippen molar-refractivity contribution in [1.29, 1.82) is 0 Å². The highest BCUT2D eigenvalue weighted by atomic mass is 32.1. The van der Waals surface area contributed by atoms with Crippen molar-refractivity contribution in [2.24, 2.45) is 0 Å². The standard InChI is InChI=1S/C21H22N2O2S/c1-23(2)17-10-6-9-16(13-17)21(25)22-14-18-11-12-19(26-18)20(24)15-7-4-3-5-8-15/h3-13,20,24H,14H2,1-2H3,(H,22,25)/t20-/m0/s1. The van der Waals surface area contributed by atoms with Crippen molar-refractivity contribution in [2.45, 2.75) is 12.6 Å². The van der Waals surface area contributed by atoms with E-state index in [-0.39, 0.29) is 5.91 Å². The molecule has 0 saturated carbocycles. The molecule has 0 aliphatic rings. The summed E-state index contributed by atoms with van der Waals surface area (Å²) in [6, 6.07) is 20.9. The van der Waals surface area contributed by atoms with Crippen molar-refractivity contribution in [3.8, 4) is 0 Å². The third-order valence-corrected chi connectivity index (χ3v) is 5.25. The summed E-state index contributed by atoms with van der Waals surface area (Å²) >= 11 is 1.51. The summed E-state index contributed by atoms with van der Waals surface area (Å²) in [7, 11) is 3.89. The number of thiophene rings is 1. The fourth-order valence-corrected chi connectivity index (χ4v) is 3.60. The van der Waals surface area contributed by atoms with Crippen LogP contribution in [-0.2, 0) is 6.54 Å². The van der Waals surface area contributed by atoms with Crippen LogP contribution in [0.5, 0.6) is 0 Å². The normalized spacial score (nSPS) is 11.8. The van der Waals surface area contributed by atoms with Crippen LogP contribution < -0.4 is 10.2 Å². The number of amides is 1. The van der Waals surface area contributed by atoms with Crippen molar-refractivity contribution >= 4 is 22.9 Å². The quantitative estimate of drug-likeness (QED) is 0.697. The van der Waals surface area contributed by atoms with Gasteiger partial charge in [-0.15, -0.1) is 11.3 Å². The SMILES string of the molecule is CN(C)c1cccc(C(=O)NCc2ccc([C@@H](O)c3ccccc3)s2)c1. The molecule has 134 valence electrons. The Labute approximate surface area is 157 Å². The first-order valence-electron chi connectivity index (χ1n) is 8.42. The smallest absolute Gasteiger partial charge is 0.251 e. The molecule has 5 heteroatoms. The molecule has 0 spiro atoms. The fraction of sp³-hybridized carbons (Fsp3) is 0.190. The molecule has 1 heterocycles. The lowest BCUT2D eigenvalue weighted by Crippen LogP contribution is -2.22. The Balaban J connectivity index is 1.63. The Hall–Kier alpha value is -2.63. The number of nitrogens with one attached hydrogen (secondary N) is 1. The summed E-state index contributed by atoms with van der Waals surface area (Å²) in [6.07, 6.45) is -0.637. The van der Waals surface area contributed by atoms with Crippen LogP contribution >= 0.6 is 11.3 Å². The molecule has 3 aromatic rings. The Morgan fingerprint density at radius 1 is 1.08 bits per heavy atom. The van der Waals surface area contributed by atoms with Crippen LogP contribution in [0.15, 0.2) is 66.7 Å². The predicted octanol–water partition coefficient (Wildman–Crippen LogP) is 3.83.